The first kappa shape index (κ1) is 14.1. The number of hydrogen-bond acceptors (Lipinski definition) is 4. The maximum atomic E-state index is 11.7. The molecule has 1 atom stereocenters. The van der Waals surface area contributed by atoms with Gasteiger partial charge in [0, 0.05) is 13.3 Å². The molecule has 0 radical (unpaired) electrons. The van der Waals surface area contributed by atoms with E-state index in [1.807, 2.05) is 13.0 Å². The van der Waals surface area contributed by atoms with Gasteiger partial charge in [0.2, 0.25) is 5.91 Å². The molecule has 1 heterocycles. The smallest absolute Gasteiger partial charge is 0.328 e. The molecule has 2 N–H and O–H groups in total. The Bertz CT molecular complexity index is 434. The lowest BCUT2D eigenvalue weighted by Gasteiger charge is -2.13. The largest absolute Gasteiger partial charge is 0.480 e. The second kappa shape index (κ2) is 6.70. The van der Waals surface area contributed by atoms with E-state index in [4.69, 9.17) is 9.84 Å². The minimum atomic E-state index is -1.12. The van der Waals surface area contributed by atoms with Crippen LogP contribution in [0.5, 0.6) is 0 Å². The van der Waals surface area contributed by atoms with Gasteiger partial charge in [-0.05, 0) is 18.6 Å². The van der Waals surface area contributed by atoms with Crippen LogP contribution in [0.1, 0.15) is 11.3 Å². The highest BCUT2D eigenvalue weighted by atomic mass is 16.5. The van der Waals surface area contributed by atoms with Gasteiger partial charge in [0.05, 0.1) is 18.7 Å². The van der Waals surface area contributed by atoms with Crippen molar-refractivity contribution in [2.45, 2.75) is 19.4 Å². The number of aryl methyl sites for hydroxylation is 1. The lowest BCUT2D eigenvalue weighted by atomic mass is 10.1. The van der Waals surface area contributed by atoms with E-state index in [-0.39, 0.29) is 18.9 Å². The lowest BCUT2D eigenvalue weighted by Crippen LogP contribution is -2.44. The minimum Gasteiger partial charge on any atom is -0.480 e. The molecule has 0 aliphatic heterocycles. The van der Waals surface area contributed by atoms with E-state index in [9.17, 15) is 9.59 Å². The standard InChI is InChI=1S/C12H16N2O4/c1-8-4-3-5-13-9(8)6-11(15)14-10(7-18-2)12(16)17/h3-5,10H,6-7H2,1-2H3,(H,14,15)(H,16,17). The number of hydrogen-bond donors (Lipinski definition) is 2. The third kappa shape index (κ3) is 4.14. The first-order chi connectivity index (χ1) is 8.54. The van der Waals surface area contributed by atoms with Gasteiger partial charge in [0.15, 0.2) is 6.04 Å². The zero-order chi connectivity index (χ0) is 13.5. The number of nitrogens with zero attached hydrogens (tertiary/aromatic N) is 1. The van der Waals surface area contributed by atoms with Crippen LogP contribution in [0.3, 0.4) is 0 Å². The highest BCUT2D eigenvalue weighted by Crippen LogP contribution is 2.03. The van der Waals surface area contributed by atoms with E-state index in [0.29, 0.717) is 5.69 Å². The number of ether oxygens (including phenoxy) is 1. The summed E-state index contributed by atoms with van der Waals surface area (Å²) in [5.41, 5.74) is 1.53. The average molecular weight is 252 g/mol. The van der Waals surface area contributed by atoms with E-state index in [1.165, 1.54) is 7.11 Å². The van der Waals surface area contributed by atoms with Gasteiger partial charge >= 0.3 is 5.97 Å². The molecule has 6 nitrogen and oxygen atoms in total. The van der Waals surface area contributed by atoms with Crippen LogP contribution in [0, 0.1) is 6.92 Å². The Balaban J connectivity index is 2.61. The fourth-order valence-electron chi connectivity index (χ4n) is 1.44. The molecule has 0 aliphatic rings. The predicted octanol–water partition coefficient (Wildman–Crippen LogP) is 0.148. The maximum Gasteiger partial charge on any atom is 0.328 e. The van der Waals surface area contributed by atoms with Crippen molar-refractivity contribution in [1.29, 1.82) is 0 Å². The molecular weight excluding hydrogens is 236 g/mol. The van der Waals surface area contributed by atoms with Gasteiger partial charge in [-0.1, -0.05) is 6.07 Å². The SMILES string of the molecule is COCC(NC(=O)Cc1ncccc1C)C(=O)O. The van der Waals surface area contributed by atoms with Crippen LogP contribution in [0.15, 0.2) is 18.3 Å². The fourth-order valence-corrected chi connectivity index (χ4v) is 1.44. The van der Waals surface area contributed by atoms with Crippen LogP contribution in [0.2, 0.25) is 0 Å². The van der Waals surface area contributed by atoms with Crippen LogP contribution in [-0.4, -0.2) is 41.7 Å². The van der Waals surface area contributed by atoms with Crippen molar-refractivity contribution in [2.24, 2.45) is 0 Å². The lowest BCUT2D eigenvalue weighted by molar-refractivity contribution is -0.143. The van der Waals surface area contributed by atoms with E-state index in [2.05, 4.69) is 10.3 Å². The predicted molar refractivity (Wildman–Crippen MR) is 64.1 cm³/mol. The Labute approximate surface area is 105 Å². The monoisotopic (exact) mass is 252 g/mol. The molecule has 0 saturated carbocycles. The summed E-state index contributed by atoms with van der Waals surface area (Å²) in [7, 11) is 1.38. The number of carboxylic acid groups (broad SMARTS) is 1. The molecular formula is C12H16N2O4. The van der Waals surface area contributed by atoms with E-state index < -0.39 is 12.0 Å². The minimum absolute atomic E-state index is 0.0557. The summed E-state index contributed by atoms with van der Waals surface area (Å²) in [5.74, 6) is -1.51. The van der Waals surface area contributed by atoms with E-state index in [0.717, 1.165) is 5.56 Å². The fraction of sp³-hybridized carbons (Fsp3) is 0.417. The third-order valence-corrected chi connectivity index (χ3v) is 2.41. The number of rotatable bonds is 6. The molecule has 0 aromatic carbocycles. The number of carbonyl (C=O) groups excluding carboxylic acids is 1. The van der Waals surface area contributed by atoms with Gasteiger partial charge in [0.1, 0.15) is 0 Å². The molecule has 0 saturated heterocycles. The quantitative estimate of drug-likeness (QED) is 0.752. The molecule has 18 heavy (non-hydrogen) atoms. The van der Waals surface area contributed by atoms with Crippen LogP contribution < -0.4 is 5.32 Å². The summed E-state index contributed by atoms with van der Waals surface area (Å²) in [6, 6.07) is 2.59. The van der Waals surface area contributed by atoms with Crippen molar-refractivity contribution in [3.05, 3.63) is 29.6 Å². The Hall–Kier alpha value is -1.95. The zero-order valence-electron chi connectivity index (χ0n) is 10.3. The second-order valence-electron chi connectivity index (χ2n) is 3.86. The van der Waals surface area contributed by atoms with E-state index >= 15 is 0 Å². The topological polar surface area (TPSA) is 88.5 Å². The molecule has 1 aromatic heterocycles. The summed E-state index contributed by atoms with van der Waals surface area (Å²) in [6.07, 6.45) is 1.65. The van der Waals surface area contributed by atoms with Gasteiger partial charge in [0.25, 0.3) is 0 Å². The molecule has 98 valence electrons. The van der Waals surface area contributed by atoms with Crippen molar-refractivity contribution in [3.8, 4) is 0 Å². The molecule has 0 spiro atoms. The molecule has 1 unspecified atom stereocenters. The molecule has 0 aliphatic carbocycles. The Morgan fingerprint density at radius 3 is 2.83 bits per heavy atom. The molecule has 0 fully saturated rings. The Kier molecular flexibility index (Phi) is 5.26. The number of pyridine rings is 1. The summed E-state index contributed by atoms with van der Waals surface area (Å²) in [5, 5.41) is 11.3. The van der Waals surface area contributed by atoms with Crippen LogP contribution in [0.4, 0.5) is 0 Å². The van der Waals surface area contributed by atoms with Crippen LogP contribution >= 0.6 is 0 Å². The molecule has 1 amide bonds. The zero-order valence-corrected chi connectivity index (χ0v) is 10.3. The van der Waals surface area contributed by atoms with Gasteiger partial charge in [-0.25, -0.2) is 4.79 Å². The number of aromatic nitrogens is 1. The third-order valence-electron chi connectivity index (χ3n) is 2.41. The van der Waals surface area contributed by atoms with Crippen molar-refractivity contribution in [3.63, 3.8) is 0 Å². The number of nitrogens with one attached hydrogen (secondary N) is 1. The number of carbonyl (C=O) groups is 2. The van der Waals surface area contributed by atoms with Crippen molar-refractivity contribution in [2.75, 3.05) is 13.7 Å². The van der Waals surface area contributed by atoms with Crippen molar-refractivity contribution >= 4 is 11.9 Å². The highest BCUT2D eigenvalue weighted by molar-refractivity contribution is 5.84. The Morgan fingerprint density at radius 2 is 2.28 bits per heavy atom. The number of amides is 1. The summed E-state index contributed by atoms with van der Waals surface area (Å²) in [4.78, 5) is 26.6. The van der Waals surface area contributed by atoms with Gasteiger partial charge in [-0.2, -0.15) is 0 Å². The second-order valence-corrected chi connectivity index (χ2v) is 3.86. The van der Waals surface area contributed by atoms with E-state index in [1.54, 1.807) is 12.3 Å². The van der Waals surface area contributed by atoms with Crippen LogP contribution in [-0.2, 0) is 20.7 Å². The van der Waals surface area contributed by atoms with Gasteiger partial charge in [-0.15, -0.1) is 0 Å². The number of carboxylic acids is 1. The number of aliphatic carboxylic acids is 1. The maximum absolute atomic E-state index is 11.7. The van der Waals surface area contributed by atoms with Crippen molar-refractivity contribution < 1.29 is 19.4 Å². The average Bonchev–Trinajstić information content (AvgIpc) is 2.31. The van der Waals surface area contributed by atoms with Crippen LogP contribution in [0.25, 0.3) is 0 Å². The number of methoxy groups -OCH3 is 1. The summed E-state index contributed by atoms with van der Waals surface area (Å²) in [6.45, 7) is 1.78. The molecule has 0 bridgehead atoms. The molecule has 6 heteroatoms. The molecule has 1 rings (SSSR count). The first-order valence-electron chi connectivity index (χ1n) is 5.46. The Morgan fingerprint density at radius 1 is 1.56 bits per heavy atom. The highest BCUT2D eigenvalue weighted by Gasteiger charge is 2.20. The van der Waals surface area contributed by atoms with Crippen molar-refractivity contribution in [1.82, 2.24) is 10.3 Å². The summed E-state index contributed by atoms with van der Waals surface area (Å²) < 4.78 is 4.73. The van der Waals surface area contributed by atoms with Gasteiger partial charge in [-0.3, -0.25) is 9.78 Å². The first-order valence-corrected chi connectivity index (χ1v) is 5.46. The summed E-state index contributed by atoms with van der Waals surface area (Å²) >= 11 is 0. The van der Waals surface area contributed by atoms with Gasteiger partial charge < -0.3 is 15.2 Å². The normalized spacial score (nSPS) is 11.9. The molecule has 1 aromatic rings.